The monoisotopic (exact) mass is 242 g/mol. The highest BCUT2D eigenvalue weighted by atomic mass is 16.2. The minimum Gasteiger partial charge on any atom is -0.396 e. The van der Waals surface area contributed by atoms with Crippen molar-refractivity contribution >= 4 is 11.6 Å². The van der Waals surface area contributed by atoms with Gasteiger partial charge in [0.1, 0.15) is 5.69 Å². The summed E-state index contributed by atoms with van der Waals surface area (Å²) in [6.07, 6.45) is 1.51. The summed E-state index contributed by atoms with van der Waals surface area (Å²) in [6.45, 7) is 1.28. The molecule has 5 heteroatoms. The van der Waals surface area contributed by atoms with Crippen LogP contribution in [0.4, 0.5) is 5.69 Å². The lowest BCUT2D eigenvalue weighted by atomic mass is 10.1. The van der Waals surface area contributed by atoms with Crippen LogP contribution >= 0.6 is 0 Å². The number of hydrogen-bond donors (Lipinski definition) is 1. The number of fused-ring (bicyclic) bond motifs is 1. The molecular formula is C13H14N4O. The lowest BCUT2D eigenvalue weighted by Crippen LogP contribution is -2.28. The minimum absolute atomic E-state index is 0.0660. The van der Waals surface area contributed by atoms with Gasteiger partial charge in [0.15, 0.2) is 0 Å². The third-order valence-electron chi connectivity index (χ3n) is 3.30. The molecule has 0 saturated carbocycles. The summed E-state index contributed by atoms with van der Waals surface area (Å²) in [7, 11) is 1.73. The molecule has 3 rings (SSSR count). The zero-order valence-electron chi connectivity index (χ0n) is 10.1. The van der Waals surface area contributed by atoms with E-state index in [0.29, 0.717) is 24.5 Å². The maximum absolute atomic E-state index is 12.4. The van der Waals surface area contributed by atoms with Crippen molar-refractivity contribution in [1.29, 1.82) is 0 Å². The molecule has 0 saturated heterocycles. The first-order chi connectivity index (χ1) is 8.66. The van der Waals surface area contributed by atoms with Gasteiger partial charge in [-0.2, -0.15) is 5.10 Å². The Kier molecular flexibility index (Phi) is 2.33. The van der Waals surface area contributed by atoms with Crippen molar-refractivity contribution in [3.8, 4) is 0 Å². The van der Waals surface area contributed by atoms with Crippen LogP contribution in [0.2, 0.25) is 0 Å². The molecule has 2 N–H and O–H groups in total. The largest absolute Gasteiger partial charge is 0.396 e. The van der Waals surface area contributed by atoms with Crippen LogP contribution in [-0.2, 0) is 20.1 Å². The third-order valence-corrected chi connectivity index (χ3v) is 3.30. The van der Waals surface area contributed by atoms with Crippen molar-refractivity contribution in [2.75, 3.05) is 5.73 Å². The Bertz CT molecular complexity index is 573. The Balaban J connectivity index is 1.89. The lowest BCUT2D eigenvalue weighted by molar-refractivity contribution is 0.0741. The molecule has 0 bridgehead atoms. The zero-order valence-corrected chi connectivity index (χ0v) is 10.1. The fourth-order valence-corrected chi connectivity index (χ4v) is 2.34. The van der Waals surface area contributed by atoms with Gasteiger partial charge in [-0.1, -0.05) is 24.3 Å². The highest BCUT2D eigenvalue weighted by Gasteiger charge is 2.27. The van der Waals surface area contributed by atoms with Crippen LogP contribution in [0.1, 0.15) is 21.6 Å². The van der Waals surface area contributed by atoms with Gasteiger partial charge in [0, 0.05) is 20.1 Å². The molecule has 0 spiro atoms. The number of carbonyl (C=O) groups excluding carboxylic acids is 1. The summed E-state index contributed by atoms with van der Waals surface area (Å²) in [5.41, 5.74) is 9.08. The van der Waals surface area contributed by atoms with Crippen LogP contribution in [-0.4, -0.2) is 20.6 Å². The molecule has 1 aliphatic rings. The molecule has 1 aliphatic heterocycles. The van der Waals surface area contributed by atoms with Crippen LogP contribution in [0.25, 0.3) is 0 Å². The second-order valence-corrected chi connectivity index (χ2v) is 4.50. The number of hydrogen-bond acceptors (Lipinski definition) is 3. The van der Waals surface area contributed by atoms with Gasteiger partial charge in [0.05, 0.1) is 11.9 Å². The summed E-state index contributed by atoms with van der Waals surface area (Å²) < 4.78 is 1.53. The topological polar surface area (TPSA) is 64.2 Å². The van der Waals surface area contributed by atoms with Gasteiger partial charge >= 0.3 is 0 Å². The van der Waals surface area contributed by atoms with Crippen molar-refractivity contribution < 1.29 is 4.79 Å². The number of anilines is 1. The molecule has 0 atom stereocenters. The molecule has 1 aromatic heterocycles. The zero-order chi connectivity index (χ0) is 12.7. The van der Waals surface area contributed by atoms with Gasteiger partial charge in [-0.25, -0.2) is 0 Å². The van der Waals surface area contributed by atoms with E-state index in [9.17, 15) is 4.79 Å². The summed E-state index contributed by atoms with van der Waals surface area (Å²) >= 11 is 0. The molecule has 1 amide bonds. The average Bonchev–Trinajstić information content (AvgIpc) is 2.92. The Morgan fingerprint density at radius 2 is 1.89 bits per heavy atom. The van der Waals surface area contributed by atoms with E-state index in [-0.39, 0.29) is 5.91 Å². The van der Waals surface area contributed by atoms with Crippen LogP contribution in [0, 0.1) is 0 Å². The normalized spacial score (nSPS) is 13.7. The smallest absolute Gasteiger partial charge is 0.274 e. The highest BCUT2D eigenvalue weighted by molar-refractivity contribution is 5.97. The number of nitrogens with zero attached hydrogens (tertiary/aromatic N) is 3. The predicted octanol–water partition coefficient (Wildman–Crippen LogP) is 1.16. The first-order valence-corrected chi connectivity index (χ1v) is 5.80. The Hall–Kier alpha value is -2.30. The fraction of sp³-hybridized carbons (Fsp3) is 0.231. The second-order valence-electron chi connectivity index (χ2n) is 4.50. The van der Waals surface area contributed by atoms with E-state index in [1.807, 2.05) is 12.1 Å². The van der Waals surface area contributed by atoms with Gasteiger partial charge < -0.3 is 10.6 Å². The highest BCUT2D eigenvalue weighted by Crippen LogP contribution is 2.25. The summed E-state index contributed by atoms with van der Waals surface area (Å²) in [5, 5.41) is 4.00. The van der Waals surface area contributed by atoms with Gasteiger partial charge in [-0.15, -0.1) is 0 Å². The molecule has 0 unspecified atom stereocenters. The first kappa shape index (κ1) is 10.8. The maximum atomic E-state index is 12.4. The van der Waals surface area contributed by atoms with E-state index in [2.05, 4.69) is 17.2 Å². The van der Waals surface area contributed by atoms with E-state index < -0.39 is 0 Å². The molecular weight excluding hydrogens is 228 g/mol. The maximum Gasteiger partial charge on any atom is 0.274 e. The van der Waals surface area contributed by atoms with Crippen molar-refractivity contribution in [2.24, 2.45) is 7.05 Å². The predicted molar refractivity (Wildman–Crippen MR) is 67.6 cm³/mol. The number of amides is 1. The number of nitrogen functional groups attached to an aromatic ring is 1. The standard InChI is InChI=1S/C13H14N4O/c1-16-12(11(14)6-15-16)13(18)17-7-9-4-2-3-5-10(9)8-17/h2-6H,7-8,14H2,1H3. The number of nitrogens with two attached hydrogens (primary N) is 1. The molecule has 92 valence electrons. The van der Waals surface area contributed by atoms with E-state index in [1.54, 1.807) is 11.9 Å². The fourth-order valence-electron chi connectivity index (χ4n) is 2.34. The van der Waals surface area contributed by atoms with Gasteiger partial charge in [0.2, 0.25) is 0 Å². The van der Waals surface area contributed by atoms with E-state index >= 15 is 0 Å². The molecule has 2 heterocycles. The number of carbonyl (C=O) groups is 1. The quantitative estimate of drug-likeness (QED) is 0.816. The Morgan fingerprint density at radius 3 is 2.39 bits per heavy atom. The number of rotatable bonds is 1. The van der Waals surface area contributed by atoms with E-state index in [1.165, 1.54) is 22.0 Å². The van der Waals surface area contributed by atoms with E-state index in [4.69, 9.17) is 5.73 Å². The van der Waals surface area contributed by atoms with Crippen molar-refractivity contribution in [3.63, 3.8) is 0 Å². The molecule has 0 aliphatic carbocycles. The van der Waals surface area contributed by atoms with Crippen molar-refractivity contribution in [1.82, 2.24) is 14.7 Å². The average molecular weight is 242 g/mol. The van der Waals surface area contributed by atoms with Crippen LogP contribution in [0.15, 0.2) is 30.5 Å². The summed E-state index contributed by atoms with van der Waals surface area (Å²) in [4.78, 5) is 14.2. The van der Waals surface area contributed by atoms with E-state index in [0.717, 1.165) is 0 Å². The Labute approximate surface area is 105 Å². The minimum atomic E-state index is -0.0660. The number of aromatic nitrogens is 2. The van der Waals surface area contributed by atoms with Gasteiger partial charge in [0.25, 0.3) is 5.91 Å². The van der Waals surface area contributed by atoms with Crippen LogP contribution in [0.5, 0.6) is 0 Å². The van der Waals surface area contributed by atoms with Gasteiger partial charge in [-0.3, -0.25) is 9.48 Å². The third kappa shape index (κ3) is 1.55. The second kappa shape index (κ2) is 3.87. The van der Waals surface area contributed by atoms with Crippen LogP contribution in [0.3, 0.4) is 0 Å². The van der Waals surface area contributed by atoms with Crippen molar-refractivity contribution in [2.45, 2.75) is 13.1 Å². The molecule has 1 aromatic carbocycles. The summed E-state index contributed by atoms with van der Waals surface area (Å²) in [6, 6.07) is 8.08. The SMILES string of the molecule is Cn1ncc(N)c1C(=O)N1Cc2ccccc2C1. The lowest BCUT2D eigenvalue weighted by Gasteiger charge is -2.15. The molecule has 0 fully saturated rings. The van der Waals surface area contributed by atoms with Crippen molar-refractivity contribution in [3.05, 3.63) is 47.3 Å². The van der Waals surface area contributed by atoms with Gasteiger partial charge in [-0.05, 0) is 11.1 Å². The first-order valence-electron chi connectivity index (χ1n) is 5.80. The number of benzene rings is 1. The summed E-state index contributed by atoms with van der Waals surface area (Å²) in [5.74, 6) is -0.0660. The molecule has 18 heavy (non-hydrogen) atoms. The molecule has 2 aromatic rings. The number of aryl methyl sites for hydroxylation is 1. The molecule has 0 radical (unpaired) electrons. The van der Waals surface area contributed by atoms with Crippen LogP contribution < -0.4 is 5.73 Å². The molecule has 5 nitrogen and oxygen atoms in total. The Morgan fingerprint density at radius 1 is 1.28 bits per heavy atom.